The van der Waals surface area contributed by atoms with E-state index >= 15 is 0 Å². The topological polar surface area (TPSA) is 95.8 Å². The van der Waals surface area contributed by atoms with Crippen molar-refractivity contribution >= 4 is 15.9 Å². The van der Waals surface area contributed by atoms with Crippen LogP contribution in [0.3, 0.4) is 0 Å². The zero-order valence-electron chi connectivity index (χ0n) is 21.6. The zero-order chi connectivity index (χ0) is 24.9. The molecule has 6 fully saturated rings. The van der Waals surface area contributed by atoms with E-state index < -0.39 is 14.8 Å². The van der Waals surface area contributed by atoms with Crippen LogP contribution in [0.2, 0.25) is 0 Å². The summed E-state index contributed by atoms with van der Waals surface area (Å²) in [7, 11) is -3.25. The predicted octanol–water partition coefficient (Wildman–Crippen LogP) is 3.22. The van der Waals surface area contributed by atoms with E-state index in [1.807, 2.05) is 4.31 Å². The van der Waals surface area contributed by atoms with E-state index in [4.69, 9.17) is 4.52 Å². The maximum atomic E-state index is 13.8. The summed E-state index contributed by atoms with van der Waals surface area (Å²) in [6.45, 7) is 9.35. The van der Waals surface area contributed by atoms with E-state index in [2.05, 4.69) is 29.2 Å². The summed E-state index contributed by atoms with van der Waals surface area (Å²) >= 11 is 0. The van der Waals surface area contributed by atoms with Crippen molar-refractivity contribution in [1.82, 2.24) is 19.7 Å². The van der Waals surface area contributed by atoms with Crippen LogP contribution in [-0.2, 0) is 10.0 Å². The maximum absolute atomic E-state index is 13.8. The quantitative estimate of drug-likeness (QED) is 0.598. The second kappa shape index (κ2) is 8.03. The molecule has 1 aromatic rings. The van der Waals surface area contributed by atoms with E-state index in [0.29, 0.717) is 29.4 Å². The zero-order valence-corrected chi connectivity index (χ0v) is 22.4. The fourth-order valence-electron chi connectivity index (χ4n) is 8.59. The lowest BCUT2D eigenvalue weighted by Crippen LogP contribution is -2.77. The SMILES string of the molecule is CC(C)CN1CCC2(CC1)CN(S(=O)(=O)C13C[C@H]4CC(NC(=O)c5cc(C6CC6)on5)C[C@@H](C1)C43)C2. The molecule has 198 valence electrons. The number of hydrogen-bond acceptors (Lipinski definition) is 6. The molecule has 0 radical (unpaired) electrons. The summed E-state index contributed by atoms with van der Waals surface area (Å²) in [6, 6.07) is 1.89. The average molecular weight is 517 g/mol. The normalized spacial score (nSPS) is 37.6. The predicted molar refractivity (Wildman–Crippen MR) is 135 cm³/mol. The fourth-order valence-corrected chi connectivity index (χ4v) is 11.6. The van der Waals surface area contributed by atoms with Crippen LogP contribution in [0, 0.1) is 29.1 Å². The summed E-state index contributed by atoms with van der Waals surface area (Å²) in [4.78, 5) is 15.3. The average Bonchev–Trinajstić information content (AvgIpc) is 3.50. The highest BCUT2D eigenvalue weighted by Crippen LogP contribution is 2.70. The number of nitrogens with one attached hydrogen (secondary N) is 1. The second-order valence-corrected chi connectivity index (χ2v) is 15.8. The molecule has 4 aliphatic carbocycles. The third kappa shape index (κ3) is 3.55. The van der Waals surface area contributed by atoms with Gasteiger partial charge in [0, 0.05) is 43.1 Å². The van der Waals surface area contributed by atoms with Gasteiger partial charge in [0.2, 0.25) is 10.0 Å². The van der Waals surface area contributed by atoms with Gasteiger partial charge >= 0.3 is 0 Å². The first kappa shape index (κ1) is 23.7. The van der Waals surface area contributed by atoms with Crippen molar-refractivity contribution in [3.05, 3.63) is 17.5 Å². The number of carbonyl (C=O) groups excluding carboxylic acids is 1. The highest BCUT2D eigenvalue weighted by atomic mass is 32.2. The minimum atomic E-state index is -3.25. The number of aromatic nitrogens is 1. The number of likely N-dealkylation sites (tertiary alicyclic amines) is 1. The number of carbonyl (C=O) groups is 1. The number of rotatable bonds is 7. The molecule has 2 aliphatic heterocycles. The van der Waals surface area contributed by atoms with Crippen LogP contribution in [0.4, 0.5) is 0 Å². The molecule has 36 heavy (non-hydrogen) atoms. The third-order valence-electron chi connectivity index (χ3n) is 10.5. The molecule has 5 atom stereocenters. The lowest BCUT2D eigenvalue weighted by Gasteiger charge is -2.71. The molecular weight excluding hydrogens is 476 g/mol. The number of hydrogen-bond donors (Lipinski definition) is 1. The summed E-state index contributed by atoms with van der Waals surface area (Å²) in [6.07, 6.45) is 7.78. The molecule has 2 saturated heterocycles. The molecular formula is C27H40N4O4S. The van der Waals surface area contributed by atoms with E-state index in [1.54, 1.807) is 6.07 Å². The first-order valence-electron chi connectivity index (χ1n) is 14.2. The molecule has 1 N–H and O–H groups in total. The van der Waals surface area contributed by atoms with Crippen LogP contribution in [0.5, 0.6) is 0 Å². The van der Waals surface area contributed by atoms with E-state index in [1.165, 1.54) is 0 Å². The van der Waals surface area contributed by atoms with Crippen LogP contribution < -0.4 is 5.32 Å². The maximum Gasteiger partial charge on any atom is 0.273 e. The Hall–Kier alpha value is -1.45. The highest BCUT2D eigenvalue weighted by Gasteiger charge is 2.74. The van der Waals surface area contributed by atoms with Crippen LogP contribution in [0.1, 0.15) is 87.4 Å². The van der Waals surface area contributed by atoms with Crippen LogP contribution in [0.15, 0.2) is 10.6 Å². The van der Waals surface area contributed by atoms with Crippen molar-refractivity contribution < 1.29 is 17.7 Å². The van der Waals surface area contributed by atoms with E-state index in [0.717, 1.165) is 89.9 Å². The molecule has 8 nitrogen and oxygen atoms in total. The van der Waals surface area contributed by atoms with E-state index in [-0.39, 0.29) is 23.3 Å². The summed E-state index contributed by atoms with van der Waals surface area (Å²) < 4.78 is 34.2. The molecule has 1 aromatic heterocycles. The Balaban J connectivity index is 0.935. The molecule has 1 amide bonds. The van der Waals surface area contributed by atoms with Gasteiger partial charge in [-0.1, -0.05) is 19.0 Å². The van der Waals surface area contributed by atoms with Gasteiger partial charge in [0.05, 0.1) is 4.75 Å². The standard InChI is InChI=1S/C27H40N4O4S/c1-17(2)14-30-7-5-26(6-8-30)15-31(16-26)36(33,34)27-12-19-9-21(10-20(13-27)24(19)27)28-25(32)22-11-23(35-29-22)18-3-4-18/h11,17-21,24H,3-10,12-16H2,1-2H3,(H,28,32)/t19-,20+,21?,24?,27?. The fraction of sp³-hybridized carbons (Fsp3) is 0.852. The van der Waals surface area contributed by atoms with Gasteiger partial charge in [-0.15, -0.1) is 0 Å². The van der Waals surface area contributed by atoms with E-state index in [9.17, 15) is 13.2 Å². The highest BCUT2D eigenvalue weighted by molar-refractivity contribution is 7.90. The summed E-state index contributed by atoms with van der Waals surface area (Å²) in [5, 5.41) is 7.15. The Morgan fingerprint density at radius 2 is 1.83 bits per heavy atom. The minimum absolute atomic E-state index is 0.106. The molecule has 3 heterocycles. The van der Waals surface area contributed by atoms with Gasteiger partial charge in [-0.3, -0.25) is 4.79 Å². The molecule has 3 unspecified atom stereocenters. The first-order valence-corrected chi connectivity index (χ1v) is 15.6. The van der Waals surface area contributed by atoms with Crippen LogP contribution in [0.25, 0.3) is 0 Å². The molecule has 6 aliphatic rings. The lowest BCUT2D eigenvalue weighted by molar-refractivity contribution is -0.112. The van der Waals surface area contributed by atoms with Crippen LogP contribution >= 0.6 is 0 Å². The van der Waals surface area contributed by atoms with Gasteiger partial charge in [0.25, 0.3) is 5.91 Å². The van der Waals surface area contributed by atoms with Gasteiger partial charge in [-0.25, -0.2) is 12.7 Å². The number of amides is 1. The van der Waals surface area contributed by atoms with Crippen molar-refractivity contribution in [3.8, 4) is 0 Å². The van der Waals surface area contributed by atoms with Crippen molar-refractivity contribution in [2.45, 2.75) is 81.9 Å². The Morgan fingerprint density at radius 1 is 1.17 bits per heavy atom. The summed E-state index contributed by atoms with van der Waals surface area (Å²) in [5.74, 6) is 2.89. The molecule has 9 heteroatoms. The number of nitrogens with zero attached hydrogens (tertiary/aromatic N) is 3. The Morgan fingerprint density at radius 3 is 2.44 bits per heavy atom. The van der Waals surface area contributed by atoms with Gasteiger partial charge in [0.1, 0.15) is 5.76 Å². The summed E-state index contributed by atoms with van der Waals surface area (Å²) in [5.41, 5.74) is 0.589. The Labute approximate surface area is 214 Å². The van der Waals surface area contributed by atoms with Gasteiger partial charge in [-0.2, -0.15) is 0 Å². The number of sulfonamides is 1. The molecule has 0 aromatic carbocycles. The minimum Gasteiger partial charge on any atom is -0.360 e. The largest absolute Gasteiger partial charge is 0.360 e. The molecule has 0 bridgehead atoms. The molecule has 4 saturated carbocycles. The molecule has 7 rings (SSSR count). The Bertz CT molecular complexity index is 1130. The lowest BCUT2D eigenvalue weighted by atomic mass is 9.42. The van der Waals surface area contributed by atoms with Gasteiger partial charge in [0.15, 0.2) is 5.69 Å². The van der Waals surface area contributed by atoms with Crippen LogP contribution in [-0.4, -0.2) is 72.2 Å². The van der Waals surface area contributed by atoms with Crippen molar-refractivity contribution in [2.75, 3.05) is 32.7 Å². The number of piperidine rings is 1. The van der Waals surface area contributed by atoms with Crippen molar-refractivity contribution in [1.29, 1.82) is 0 Å². The Kier molecular flexibility index (Phi) is 5.27. The van der Waals surface area contributed by atoms with Gasteiger partial charge in [-0.05, 0) is 88.1 Å². The second-order valence-electron chi connectivity index (χ2n) is 13.5. The van der Waals surface area contributed by atoms with Crippen molar-refractivity contribution in [2.24, 2.45) is 29.1 Å². The monoisotopic (exact) mass is 516 g/mol. The first-order chi connectivity index (χ1) is 17.2. The third-order valence-corrected chi connectivity index (χ3v) is 13.1. The van der Waals surface area contributed by atoms with Crippen molar-refractivity contribution in [3.63, 3.8) is 0 Å². The smallest absolute Gasteiger partial charge is 0.273 e. The molecule has 1 spiro atoms. The van der Waals surface area contributed by atoms with Gasteiger partial charge < -0.3 is 14.7 Å².